The standard InChI is InChI=1S/C15H11ClN2O3/c1-20-11-6-3-7-12-13(11)14(18-21-12)17-15(19)9-4-2-5-10(16)8-9/h2-8H,1H3,(H,17,18,19). The van der Waals surface area contributed by atoms with Crippen LogP contribution < -0.4 is 10.1 Å². The van der Waals surface area contributed by atoms with E-state index in [2.05, 4.69) is 10.5 Å². The van der Waals surface area contributed by atoms with Gasteiger partial charge in [-0.3, -0.25) is 4.79 Å². The maximum absolute atomic E-state index is 12.2. The first-order chi connectivity index (χ1) is 10.2. The van der Waals surface area contributed by atoms with Crippen molar-refractivity contribution in [2.45, 2.75) is 0 Å². The van der Waals surface area contributed by atoms with Crippen LogP contribution >= 0.6 is 11.6 Å². The number of carbonyl (C=O) groups is 1. The van der Waals surface area contributed by atoms with Crippen molar-refractivity contribution in [2.24, 2.45) is 0 Å². The van der Waals surface area contributed by atoms with Crippen molar-refractivity contribution in [1.82, 2.24) is 5.16 Å². The van der Waals surface area contributed by atoms with Crippen LogP contribution in [0.1, 0.15) is 10.4 Å². The highest BCUT2D eigenvalue weighted by Gasteiger charge is 2.16. The largest absolute Gasteiger partial charge is 0.496 e. The topological polar surface area (TPSA) is 64.4 Å². The van der Waals surface area contributed by atoms with E-state index in [1.165, 1.54) is 0 Å². The zero-order valence-corrected chi connectivity index (χ0v) is 11.8. The first kappa shape index (κ1) is 13.5. The third kappa shape index (κ3) is 2.55. The van der Waals surface area contributed by atoms with E-state index < -0.39 is 0 Å². The summed E-state index contributed by atoms with van der Waals surface area (Å²) in [5.74, 6) is 0.571. The molecule has 0 aliphatic carbocycles. The fourth-order valence-electron chi connectivity index (χ4n) is 2.03. The summed E-state index contributed by atoms with van der Waals surface area (Å²) >= 11 is 5.88. The summed E-state index contributed by atoms with van der Waals surface area (Å²) in [4.78, 5) is 12.2. The number of ether oxygens (including phenoxy) is 1. The van der Waals surface area contributed by atoms with Gasteiger partial charge >= 0.3 is 0 Å². The third-order valence-corrected chi connectivity index (χ3v) is 3.23. The molecule has 0 fully saturated rings. The zero-order valence-electron chi connectivity index (χ0n) is 11.1. The van der Waals surface area contributed by atoms with E-state index in [1.807, 2.05) is 0 Å². The minimum atomic E-state index is -0.321. The van der Waals surface area contributed by atoms with Gasteiger partial charge in [-0.15, -0.1) is 0 Å². The highest BCUT2D eigenvalue weighted by Crippen LogP contribution is 2.32. The van der Waals surface area contributed by atoms with Crippen molar-refractivity contribution >= 4 is 34.3 Å². The predicted molar refractivity (Wildman–Crippen MR) is 80.0 cm³/mol. The van der Waals surface area contributed by atoms with Crippen LogP contribution in [0.2, 0.25) is 5.02 Å². The molecule has 1 aromatic heterocycles. The Morgan fingerprint density at radius 3 is 2.86 bits per heavy atom. The Morgan fingerprint density at radius 1 is 1.29 bits per heavy atom. The van der Waals surface area contributed by atoms with Crippen molar-refractivity contribution in [1.29, 1.82) is 0 Å². The first-order valence-electron chi connectivity index (χ1n) is 6.18. The number of halogens is 1. The molecule has 21 heavy (non-hydrogen) atoms. The van der Waals surface area contributed by atoms with Gasteiger partial charge in [0.25, 0.3) is 5.91 Å². The van der Waals surface area contributed by atoms with Gasteiger partial charge in [-0.05, 0) is 30.3 Å². The van der Waals surface area contributed by atoms with Crippen molar-refractivity contribution in [3.05, 3.63) is 53.1 Å². The number of rotatable bonds is 3. The van der Waals surface area contributed by atoms with E-state index in [0.29, 0.717) is 33.1 Å². The van der Waals surface area contributed by atoms with Crippen molar-refractivity contribution < 1.29 is 14.1 Å². The number of carbonyl (C=O) groups excluding carboxylic acids is 1. The molecule has 6 heteroatoms. The molecule has 0 atom stereocenters. The van der Waals surface area contributed by atoms with E-state index >= 15 is 0 Å². The smallest absolute Gasteiger partial charge is 0.256 e. The summed E-state index contributed by atoms with van der Waals surface area (Å²) in [6, 6.07) is 12.0. The van der Waals surface area contributed by atoms with E-state index in [1.54, 1.807) is 49.6 Å². The molecular weight excluding hydrogens is 292 g/mol. The second-order valence-corrected chi connectivity index (χ2v) is 4.77. The molecule has 0 spiro atoms. The molecule has 0 radical (unpaired) electrons. The van der Waals surface area contributed by atoms with Crippen molar-refractivity contribution in [3.63, 3.8) is 0 Å². The Morgan fingerprint density at radius 2 is 2.10 bits per heavy atom. The van der Waals surface area contributed by atoms with Gasteiger partial charge in [-0.2, -0.15) is 0 Å². The van der Waals surface area contributed by atoms with Gasteiger partial charge < -0.3 is 14.6 Å². The number of hydrogen-bond acceptors (Lipinski definition) is 4. The van der Waals surface area contributed by atoms with Gasteiger partial charge in [0.15, 0.2) is 11.4 Å². The molecule has 106 valence electrons. The molecule has 2 aromatic carbocycles. The summed E-state index contributed by atoms with van der Waals surface area (Å²) in [7, 11) is 1.55. The van der Waals surface area contributed by atoms with E-state index in [9.17, 15) is 4.79 Å². The Hall–Kier alpha value is -2.53. The minimum absolute atomic E-state index is 0.312. The molecule has 1 heterocycles. The summed E-state index contributed by atoms with van der Waals surface area (Å²) in [6.45, 7) is 0. The van der Waals surface area contributed by atoms with Crippen LogP contribution in [0.5, 0.6) is 5.75 Å². The highest BCUT2D eigenvalue weighted by atomic mass is 35.5. The zero-order chi connectivity index (χ0) is 14.8. The van der Waals surface area contributed by atoms with Crippen LogP contribution in [-0.4, -0.2) is 18.2 Å². The van der Waals surface area contributed by atoms with Gasteiger partial charge in [0, 0.05) is 10.6 Å². The van der Waals surface area contributed by atoms with Crippen LogP contribution in [0.3, 0.4) is 0 Å². The quantitative estimate of drug-likeness (QED) is 0.800. The summed E-state index contributed by atoms with van der Waals surface area (Å²) in [6.07, 6.45) is 0. The van der Waals surface area contributed by atoms with Gasteiger partial charge in [0.05, 0.1) is 7.11 Å². The number of nitrogens with zero attached hydrogens (tertiary/aromatic N) is 1. The van der Waals surface area contributed by atoms with E-state index in [4.69, 9.17) is 20.9 Å². The SMILES string of the molecule is COc1cccc2onc(NC(=O)c3cccc(Cl)c3)c12. The number of amides is 1. The molecule has 1 N–H and O–H groups in total. The van der Waals surface area contributed by atoms with Crippen LogP contribution in [-0.2, 0) is 0 Å². The van der Waals surface area contributed by atoms with Crippen LogP contribution in [0, 0.1) is 0 Å². The molecule has 0 unspecified atom stereocenters. The molecule has 1 amide bonds. The highest BCUT2D eigenvalue weighted by molar-refractivity contribution is 6.31. The van der Waals surface area contributed by atoms with E-state index in [0.717, 1.165) is 0 Å². The van der Waals surface area contributed by atoms with Gasteiger partial charge in [-0.25, -0.2) is 0 Å². The molecule has 3 aromatic rings. The minimum Gasteiger partial charge on any atom is -0.496 e. The predicted octanol–water partition coefficient (Wildman–Crippen LogP) is 3.74. The Labute approximate surface area is 125 Å². The molecule has 0 aliphatic heterocycles. The molecule has 0 saturated carbocycles. The molecule has 5 nitrogen and oxygen atoms in total. The maximum atomic E-state index is 12.2. The summed E-state index contributed by atoms with van der Waals surface area (Å²) in [5.41, 5.74) is 0.976. The lowest BCUT2D eigenvalue weighted by Crippen LogP contribution is -2.12. The fraction of sp³-hybridized carbons (Fsp3) is 0.0667. The summed E-state index contributed by atoms with van der Waals surface area (Å²) in [5, 5.41) is 7.68. The Bertz CT molecular complexity index is 814. The number of benzene rings is 2. The van der Waals surface area contributed by atoms with Gasteiger partial charge in [0.2, 0.25) is 0 Å². The van der Waals surface area contributed by atoms with Crippen LogP contribution in [0.25, 0.3) is 11.0 Å². The third-order valence-electron chi connectivity index (χ3n) is 3.00. The first-order valence-corrected chi connectivity index (χ1v) is 6.56. The molecular formula is C15H11ClN2O3. The number of fused-ring (bicyclic) bond motifs is 1. The lowest BCUT2D eigenvalue weighted by atomic mass is 10.2. The number of hydrogen-bond donors (Lipinski definition) is 1. The lowest BCUT2D eigenvalue weighted by molar-refractivity contribution is 0.102. The molecule has 0 bridgehead atoms. The summed E-state index contributed by atoms with van der Waals surface area (Å²) < 4.78 is 10.4. The second-order valence-electron chi connectivity index (χ2n) is 4.33. The van der Waals surface area contributed by atoms with Gasteiger partial charge in [0.1, 0.15) is 11.1 Å². The lowest BCUT2D eigenvalue weighted by Gasteiger charge is -2.04. The maximum Gasteiger partial charge on any atom is 0.256 e. The normalized spacial score (nSPS) is 10.6. The average Bonchev–Trinajstić information content (AvgIpc) is 2.90. The average molecular weight is 303 g/mol. The fourth-order valence-corrected chi connectivity index (χ4v) is 2.22. The van der Waals surface area contributed by atoms with Crippen LogP contribution in [0.4, 0.5) is 5.82 Å². The number of anilines is 1. The number of nitrogens with one attached hydrogen (secondary N) is 1. The van der Waals surface area contributed by atoms with Crippen molar-refractivity contribution in [2.75, 3.05) is 12.4 Å². The van der Waals surface area contributed by atoms with Crippen molar-refractivity contribution in [3.8, 4) is 5.75 Å². The second kappa shape index (κ2) is 5.46. The number of aromatic nitrogens is 1. The number of methoxy groups -OCH3 is 1. The molecule has 0 saturated heterocycles. The van der Waals surface area contributed by atoms with E-state index in [-0.39, 0.29) is 5.91 Å². The monoisotopic (exact) mass is 302 g/mol. The molecule has 0 aliphatic rings. The van der Waals surface area contributed by atoms with Crippen LogP contribution in [0.15, 0.2) is 47.0 Å². The Kier molecular flexibility index (Phi) is 3.50. The van der Waals surface area contributed by atoms with Gasteiger partial charge in [-0.1, -0.05) is 28.9 Å². The Balaban J connectivity index is 1.97. The molecule has 3 rings (SSSR count).